The Balaban J connectivity index is 1.63. The van der Waals surface area contributed by atoms with Gasteiger partial charge in [-0.2, -0.15) is 13.9 Å². The number of H-pyrrole nitrogens is 2. The second-order valence-electron chi connectivity index (χ2n) is 5.60. The molecule has 25 heavy (non-hydrogen) atoms. The van der Waals surface area contributed by atoms with Gasteiger partial charge in [0.05, 0.1) is 6.54 Å². The fraction of sp³-hybridized carbons (Fsp3) is 0.267. The lowest BCUT2D eigenvalue weighted by molar-refractivity contribution is -0.0487. The molecule has 10 heteroatoms. The minimum atomic E-state index is -2.95. The smallest absolute Gasteiger partial charge is 0.387 e. The van der Waals surface area contributed by atoms with E-state index in [2.05, 4.69) is 19.9 Å². The number of amides is 1. The van der Waals surface area contributed by atoms with Gasteiger partial charge in [-0.1, -0.05) is 6.07 Å². The molecule has 1 aromatic carbocycles. The molecule has 1 amide bonds. The van der Waals surface area contributed by atoms with E-state index in [1.165, 1.54) is 21.6 Å². The van der Waals surface area contributed by atoms with E-state index in [9.17, 15) is 18.4 Å². The van der Waals surface area contributed by atoms with Gasteiger partial charge in [0, 0.05) is 24.0 Å². The van der Waals surface area contributed by atoms with Gasteiger partial charge in [0.15, 0.2) is 5.82 Å². The molecule has 0 fully saturated rings. The maximum Gasteiger partial charge on any atom is 0.387 e. The van der Waals surface area contributed by atoms with Crippen LogP contribution in [0.5, 0.6) is 5.75 Å². The molecule has 0 bridgehead atoms. The molecule has 1 aliphatic heterocycles. The number of hydrogen-bond acceptors (Lipinski definition) is 4. The first-order valence-electron chi connectivity index (χ1n) is 7.53. The third kappa shape index (κ3) is 2.65. The predicted octanol–water partition coefficient (Wildman–Crippen LogP) is 1.31. The Morgan fingerprint density at radius 3 is 2.96 bits per heavy atom. The van der Waals surface area contributed by atoms with Crippen molar-refractivity contribution >= 4 is 16.8 Å². The maximum atomic E-state index is 12.7. The standard InChI is InChI=1S/C15H13F2N5O3/c16-14(17)25-11-3-1-2-9-8(11)6-10(18-9)13(23)21-4-5-22-12(7-21)19-20-15(22)24/h1-3,6,14,18H,4-5,7H2,(H,20,24). The second-order valence-corrected chi connectivity index (χ2v) is 5.60. The number of rotatable bonds is 3. The molecule has 0 atom stereocenters. The van der Waals surface area contributed by atoms with Gasteiger partial charge in [-0.05, 0) is 18.2 Å². The molecule has 2 aromatic heterocycles. The lowest BCUT2D eigenvalue weighted by Gasteiger charge is -2.26. The van der Waals surface area contributed by atoms with Crippen molar-refractivity contribution in [3.8, 4) is 5.75 Å². The van der Waals surface area contributed by atoms with E-state index in [1.807, 2.05) is 0 Å². The zero-order valence-corrected chi connectivity index (χ0v) is 12.8. The fourth-order valence-corrected chi connectivity index (χ4v) is 2.96. The summed E-state index contributed by atoms with van der Waals surface area (Å²) >= 11 is 0. The summed E-state index contributed by atoms with van der Waals surface area (Å²) in [5, 5.41) is 6.64. The van der Waals surface area contributed by atoms with E-state index >= 15 is 0 Å². The number of aromatic amines is 2. The predicted molar refractivity (Wildman–Crippen MR) is 82.5 cm³/mol. The third-order valence-corrected chi connectivity index (χ3v) is 4.12. The van der Waals surface area contributed by atoms with Crippen molar-refractivity contribution in [2.45, 2.75) is 19.7 Å². The van der Waals surface area contributed by atoms with Crippen molar-refractivity contribution in [1.29, 1.82) is 0 Å². The molecule has 4 rings (SSSR count). The number of carbonyl (C=O) groups excluding carboxylic acids is 1. The molecule has 0 saturated carbocycles. The summed E-state index contributed by atoms with van der Waals surface area (Å²) in [4.78, 5) is 28.7. The molecule has 3 aromatic rings. The van der Waals surface area contributed by atoms with Gasteiger partial charge in [-0.15, -0.1) is 0 Å². The zero-order valence-electron chi connectivity index (χ0n) is 12.8. The minimum absolute atomic E-state index is 0.00239. The Morgan fingerprint density at radius 2 is 2.16 bits per heavy atom. The van der Waals surface area contributed by atoms with Crippen LogP contribution in [0.2, 0.25) is 0 Å². The molecule has 0 saturated heterocycles. The average molecular weight is 349 g/mol. The van der Waals surface area contributed by atoms with Crippen LogP contribution in [0.3, 0.4) is 0 Å². The molecule has 130 valence electrons. The molecule has 0 spiro atoms. The molecule has 8 nitrogen and oxygen atoms in total. The first-order valence-corrected chi connectivity index (χ1v) is 7.53. The van der Waals surface area contributed by atoms with Crippen LogP contribution in [-0.2, 0) is 13.1 Å². The number of ether oxygens (including phenoxy) is 1. The van der Waals surface area contributed by atoms with E-state index in [-0.39, 0.29) is 29.6 Å². The van der Waals surface area contributed by atoms with Gasteiger partial charge < -0.3 is 14.6 Å². The molecule has 0 unspecified atom stereocenters. The number of carbonyl (C=O) groups is 1. The van der Waals surface area contributed by atoms with Crippen molar-refractivity contribution in [3.63, 3.8) is 0 Å². The van der Waals surface area contributed by atoms with Crippen LogP contribution in [0.15, 0.2) is 29.1 Å². The summed E-state index contributed by atoms with van der Waals surface area (Å²) in [5.74, 6) is 0.172. The third-order valence-electron chi connectivity index (χ3n) is 4.12. The van der Waals surface area contributed by atoms with Crippen LogP contribution in [-0.4, -0.2) is 43.7 Å². The average Bonchev–Trinajstić information content (AvgIpc) is 3.18. The first-order chi connectivity index (χ1) is 12.0. The molecule has 1 aliphatic rings. The lowest BCUT2D eigenvalue weighted by atomic mass is 10.2. The summed E-state index contributed by atoms with van der Waals surface area (Å²) < 4.78 is 31.0. The van der Waals surface area contributed by atoms with Gasteiger partial charge in [0.1, 0.15) is 11.4 Å². The van der Waals surface area contributed by atoms with E-state index in [0.29, 0.717) is 29.8 Å². The second kappa shape index (κ2) is 5.72. The molecule has 0 radical (unpaired) electrons. The van der Waals surface area contributed by atoms with E-state index in [1.54, 1.807) is 12.1 Å². The van der Waals surface area contributed by atoms with E-state index < -0.39 is 6.61 Å². The van der Waals surface area contributed by atoms with E-state index in [0.717, 1.165) is 0 Å². The number of aromatic nitrogens is 4. The first kappa shape index (κ1) is 15.4. The molecule has 2 N–H and O–H groups in total. The number of alkyl halides is 2. The highest BCUT2D eigenvalue weighted by molar-refractivity contribution is 5.99. The van der Waals surface area contributed by atoms with Crippen LogP contribution in [0.1, 0.15) is 16.3 Å². The topological polar surface area (TPSA) is 96.0 Å². The van der Waals surface area contributed by atoms with Crippen molar-refractivity contribution in [1.82, 2.24) is 24.6 Å². The normalized spacial score (nSPS) is 14.1. The summed E-state index contributed by atoms with van der Waals surface area (Å²) in [5.41, 5.74) is 0.475. The van der Waals surface area contributed by atoms with Gasteiger partial charge in [0.25, 0.3) is 5.91 Å². The van der Waals surface area contributed by atoms with Crippen molar-refractivity contribution in [3.05, 3.63) is 46.3 Å². The maximum absolute atomic E-state index is 12.7. The number of benzene rings is 1. The Bertz CT molecular complexity index is 1010. The van der Waals surface area contributed by atoms with Gasteiger partial charge in [-0.25, -0.2) is 9.89 Å². The highest BCUT2D eigenvalue weighted by Gasteiger charge is 2.25. The van der Waals surface area contributed by atoms with Gasteiger partial charge >= 0.3 is 12.3 Å². The summed E-state index contributed by atoms with van der Waals surface area (Å²) in [7, 11) is 0. The number of hydrogen-bond donors (Lipinski definition) is 2. The fourth-order valence-electron chi connectivity index (χ4n) is 2.96. The van der Waals surface area contributed by atoms with Crippen LogP contribution in [0, 0.1) is 0 Å². The van der Waals surface area contributed by atoms with Crippen molar-refractivity contribution in [2.24, 2.45) is 0 Å². The SMILES string of the molecule is O=C(c1cc2c(OC(F)F)cccc2[nH]1)N1CCn2c(n[nH]c2=O)C1. The van der Waals surface area contributed by atoms with Crippen molar-refractivity contribution in [2.75, 3.05) is 6.54 Å². The van der Waals surface area contributed by atoms with Crippen LogP contribution < -0.4 is 10.4 Å². The Kier molecular flexibility index (Phi) is 3.52. The minimum Gasteiger partial charge on any atom is -0.434 e. The number of nitrogens with zero attached hydrogens (tertiary/aromatic N) is 3. The largest absolute Gasteiger partial charge is 0.434 e. The van der Waals surface area contributed by atoms with E-state index in [4.69, 9.17) is 0 Å². The molecular weight excluding hydrogens is 336 g/mol. The molecular formula is C15H13F2N5O3. The van der Waals surface area contributed by atoms with Gasteiger partial charge in [0.2, 0.25) is 0 Å². The highest BCUT2D eigenvalue weighted by Crippen LogP contribution is 2.28. The van der Waals surface area contributed by atoms with Crippen LogP contribution in [0.4, 0.5) is 8.78 Å². The Labute approximate surface area is 139 Å². The summed E-state index contributed by atoms with van der Waals surface area (Å²) in [6.45, 7) is -2.07. The Hall–Kier alpha value is -3.17. The van der Waals surface area contributed by atoms with Gasteiger partial charge in [-0.3, -0.25) is 9.36 Å². The van der Waals surface area contributed by atoms with Crippen molar-refractivity contribution < 1.29 is 18.3 Å². The zero-order chi connectivity index (χ0) is 17.6. The summed E-state index contributed by atoms with van der Waals surface area (Å²) in [6, 6.07) is 6.14. The van der Waals surface area contributed by atoms with Crippen LogP contribution in [0.25, 0.3) is 10.9 Å². The molecule has 3 heterocycles. The molecule has 0 aliphatic carbocycles. The quantitative estimate of drug-likeness (QED) is 0.745. The number of nitrogens with one attached hydrogen (secondary N) is 2. The Morgan fingerprint density at radius 1 is 1.32 bits per heavy atom. The lowest BCUT2D eigenvalue weighted by Crippen LogP contribution is -2.40. The number of fused-ring (bicyclic) bond motifs is 2. The monoisotopic (exact) mass is 349 g/mol. The van der Waals surface area contributed by atoms with Crippen LogP contribution >= 0.6 is 0 Å². The highest BCUT2D eigenvalue weighted by atomic mass is 19.3. The summed E-state index contributed by atoms with van der Waals surface area (Å²) in [6.07, 6.45) is 0. The number of halogens is 2.